The first-order valence-corrected chi connectivity index (χ1v) is 11.2. The highest BCUT2D eigenvalue weighted by Crippen LogP contribution is 2.37. The molecule has 0 unspecified atom stereocenters. The molecule has 0 bridgehead atoms. The van der Waals surface area contributed by atoms with E-state index in [0.717, 1.165) is 11.4 Å². The molecule has 174 valence electrons. The lowest BCUT2D eigenvalue weighted by atomic mass is 10.0. The zero-order valence-electron chi connectivity index (χ0n) is 20.1. The van der Waals surface area contributed by atoms with Crippen LogP contribution in [0.2, 0.25) is 0 Å². The van der Waals surface area contributed by atoms with E-state index < -0.39 is 0 Å². The van der Waals surface area contributed by atoms with Crippen LogP contribution in [0.4, 0.5) is 17.1 Å². The van der Waals surface area contributed by atoms with Gasteiger partial charge in [-0.25, -0.2) is 4.90 Å². The Kier molecular flexibility index (Phi) is 6.41. The summed E-state index contributed by atoms with van der Waals surface area (Å²) in [6, 6.07) is 24.3. The Hall–Kier alpha value is -4.06. The Morgan fingerprint density at radius 1 is 0.765 bits per heavy atom. The Balaban J connectivity index is 1.82. The molecular weight excluding hydrogens is 426 g/mol. The van der Waals surface area contributed by atoms with E-state index >= 15 is 0 Å². The van der Waals surface area contributed by atoms with Crippen molar-refractivity contribution in [2.75, 3.05) is 35.8 Å². The molecule has 0 aromatic heterocycles. The van der Waals surface area contributed by atoms with Crippen LogP contribution >= 0.6 is 0 Å². The minimum atomic E-state index is -0.357. The third-order valence-electron chi connectivity index (χ3n) is 5.66. The van der Waals surface area contributed by atoms with Gasteiger partial charge >= 0.3 is 0 Å². The maximum atomic E-state index is 13.8. The average molecular weight is 456 g/mol. The Morgan fingerprint density at radius 2 is 1.41 bits per heavy atom. The topological polar surface area (TPSA) is 53.1 Å². The smallest absolute Gasteiger partial charge is 0.282 e. The number of imide groups is 1. The lowest BCUT2D eigenvalue weighted by Gasteiger charge is -2.22. The van der Waals surface area contributed by atoms with Crippen molar-refractivity contribution in [3.63, 3.8) is 0 Å². The number of hydrogen-bond acceptors (Lipinski definition) is 5. The van der Waals surface area contributed by atoms with Crippen LogP contribution in [0, 0.1) is 0 Å². The van der Waals surface area contributed by atoms with Gasteiger partial charge in [0.25, 0.3) is 11.8 Å². The van der Waals surface area contributed by atoms with Crippen molar-refractivity contribution in [2.45, 2.75) is 20.0 Å². The first kappa shape index (κ1) is 23.1. The number of amides is 2. The maximum Gasteiger partial charge on any atom is 0.282 e. The van der Waals surface area contributed by atoms with E-state index in [1.807, 2.05) is 113 Å². The van der Waals surface area contributed by atoms with Crippen molar-refractivity contribution >= 4 is 34.4 Å². The largest absolute Gasteiger partial charge is 0.491 e. The highest BCUT2D eigenvalue weighted by Gasteiger charge is 2.42. The van der Waals surface area contributed by atoms with Crippen molar-refractivity contribution in [1.29, 1.82) is 0 Å². The van der Waals surface area contributed by atoms with Crippen LogP contribution in [0.3, 0.4) is 0 Å². The summed E-state index contributed by atoms with van der Waals surface area (Å²) in [5.41, 5.74) is 3.62. The summed E-state index contributed by atoms with van der Waals surface area (Å²) in [5, 5.41) is 0. The standard InChI is InChI=1S/C28H29N3O3/c1-19(2)34-24-16-14-20(15-17-24)25-26(30(5)21-10-7-6-8-11-21)28(33)31(27(25)32)23-13-9-12-22(18-23)29(3)4/h6-19H,1-5H3. The van der Waals surface area contributed by atoms with Crippen molar-refractivity contribution < 1.29 is 14.3 Å². The second-order valence-electron chi connectivity index (χ2n) is 8.67. The number of anilines is 3. The van der Waals surface area contributed by atoms with E-state index in [2.05, 4.69) is 0 Å². The predicted octanol–water partition coefficient (Wildman–Crippen LogP) is 4.96. The second kappa shape index (κ2) is 9.43. The molecular formula is C28H29N3O3. The summed E-state index contributed by atoms with van der Waals surface area (Å²) < 4.78 is 5.76. The fourth-order valence-corrected chi connectivity index (χ4v) is 3.99. The zero-order valence-corrected chi connectivity index (χ0v) is 20.1. The van der Waals surface area contributed by atoms with Gasteiger partial charge in [0.1, 0.15) is 11.4 Å². The van der Waals surface area contributed by atoms with Crippen LogP contribution in [0.25, 0.3) is 5.57 Å². The second-order valence-corrected chi connectivity index (χ2v) is 8.67. The molecule has 4 rings (SSSR count). The minimum absolute atomic E-state index is 0.0407. The van der Waals surface area contributed by atoms with Gasteiger partial charge in [0, 0.05) is 32.5 Å². The van der Waals surface area contributed by atoms with Crippen LogP contribution in [-0.4, -0.2) is 39.1 Å². The summed E-state index contributed by atoms with van der Waals surface area (Å²) in [6.45, 7) is 3.92. The molecule has 3 aromatic carbocycles. The van der Waals surface area contributed by atoms with Crippen molar-refractivity contribution in [2.24, 2.45) is 0 Å². The molecule has 0 spiro atoms. The number of carbonyl (C=O) groups is 2. The molecule has 2 amide bonds. The van der Waals surface area contributed by atoms with E-state index in [1.165, 1.54) is 4.90 Å². The first-order valence-electron chi connectivity index (χ1n) is 11.2. The van der Waals surface area contributed by atoms with Crippen molar-refractivity contribution in [3.8, 4) is 5.75 Å². The molecule has 3 aromatic rings. The highest BCUT2D eigenvalue weighted by molar-refractivity contribution is 6.46. The van der Waals surface area contributed by atoms with Crippen molar-refractivity contribution in [3.05, 3.63) is 90.1 Å². The van der Waals surface area contributed by atoms with Gasteiger partial charge in [-0.15, -0.1) is 0 Å². The van der Waals surface area contributed by atoms with Gasteiger partial charge in [0.15, 0.2) is 0 Å². The average Bonchev–Trinajstić information content (AvgIpc) is 3.09. The molecule has 1 heterocycles. The van der Waals surface area contributed by atoms with Gasteiger partial charge in [-0.1, -0.05) is 36.4 Å². The van der Waals surface area contributed by atoms with Gasteiger partial charge in [-0.05, 0) is 61.9 Å². The van der Waals surface area contributed by atoms with Crippen LogP contribution in [0.1, 0.15) is 19.4 Å². The van der Waals surface area contributed by atoms with Crippen LogP contribution in [0.15, 0.2) is 84.6 Å². The lowest BCUT2D eigenvalue weighted by Crippen LogP contribution is -2.34. The van der Waals surface area contributed by atoms with Gasteiger partial charge in [-0.2, -0.15) is 0 Å². The molecule has 0 saturated carbocycles. The lowest BCUT2D eigenvalue weighted by molar-refractivity contribution is -0.120. The number of para-hydroxylation sites is 1. The van der Waals surface area contributed by atoms with Gasteiger partial charge < -0.3 is 14.5 Å². The molecule has 0 aliphatic carbocycles. The third-order valence-corrected chi connectivity index (χ3v) is 5.66. The molecule has 0 fully saturated rings. The number of nitrogens with zero attached hydrogens (tertiary/aromatic N) is 3. The summed E-state index contributed by atoms with van der Waals surface area (Å²) in [7, 11) is 5.66. The first-order chi connectivity index (χ1) is 16.3. The van der Waals surface area contributed by atoms with E-state index in [-0.39, 0.29) is 17.9 Å². The molecule has 1 aliphatic heterocycles. The maximum absolute atomic E-state index is 13.8. The van der Waals surface area contributed by atoms with E-state index in [4.69, 9.17) is 4.74 Å². The molecule has 1 aliphatic rings. The Labute approximate surface area is 200 Å². The molecule has 0 radical (unpaired) electrons. The van der Waals surface area contributed by atoms with Crippen molar-refractivity contribution in [1.82, 2.24) is 0 Å². The third kappa shape index (κ3) is 4.39. The molecule has 0 N–H and O–H groups in total. The predicted molar refractivity (Wildman–Crippen MR) is 137 cm³/mol. The quantitative estimate of drug-likeness (QED) is 0.472. The van der Waals surface area contributed by atoms with E-state index in [1.54, 1.807) is 11.0 Å². The normalized spacial score (nSPS) is 13.6. The fraction of sp³-hybridized carbons (Fsp3) is 0.214. The molecule has 6 nitrogen and oxygen atoms in total. The number of carbonyl (C=O) groups excluding carboxylic acids is 2. The summed E-state index contributed by atoms with van der Waals surface area (Å²) in [6.07, 6.45) is 0.0407. The van der Waals surface area contributed by atoms with Crippen LogP contribution in [-0.2, 0) is 9.59 Å². The van der Waals surface area contributed by atoms with E-state index in [0.29, 0.717) is 28.3 Å². The van der Waals surface area contributed by atoms with Gasteiger partial charge in [0.05, 0.1) is 17.4 Å². The fourth-order valence-electron chi connectivity index (χ4n) is 3.99. The number of hydrogen-bond donors (Lipinski definition) is 0. The Bertz CT molecular complexity index is 1230. The molecule has 34 heavy (non-hydrogen) atoms. The number of ether oxygens (including phenoxy) is 1. The zero-order chi connectivity index (χ0) is 24.4. The monoisotopic (exact) mass is 455 g/mol. The van der Waals surface area contributed by atoms with E-state index in [9.17, 15) is 9.59 Å². The number of likely N-dealkylation sites (N-methyl/N-ethyl adjacent to an activating group) is 1. The SMILES string of the molecule is CC(C)Oc1ccc(C2=C(N(C)c3ccccc3)C(=O)N(c3cccc(N(C)C)c3)C2=O)cc1. The minimum Gasteiger partial charge on any atom is -0.491 e. The van der Waals surface area contributed by atoms with Crippen LogP contribution < -0.4 is 19.4 Å². The van der Waals surface area contributed by atoms with Gasteiger partial charge in [0.2, 0.25) is 0 Å². The molecule has 6 heteroatoms. The summed E-state index contributed by atoms with van der Waals surface area (Å²) >= 11 is 0. The summed E-state index contributed by atoms with van der Waals surface area (Å²) in [5.74, 6) is 0.00519. The molecule has 0 atom stereocenters. The Morgan fingerprint density at radius 3 is 2.03 bits per heavy atom. The summed E-state index contributed by atoms with van der Waals surface area (Å²) in [4.78, 5) is 32.5. The van der Waals surface area contributed by atoms with Crippen LogP contribution in [0.5, 0.6) is 5.75 Å². The molecule has 0 saturated heterocycles. The number of benzene rings is 3. The van der Waals surface area contributed by atoms with Gasteiger partial charge in [-0.3, -0.25) is 9.59 Å². The number of rotatable bonds is 7. The highest BCUT2D eigenvalue weighted by atomic mass is 16.5.